The minimum absolute atomic E-state index is 0.425. The number of carboxylic acids is 1. The lowest BCUT2D eigenvalue weighted by Crippen LogP contribution is -2.33. The number of alkyl halides is 3. The summed E-state index contributed by atoms with van der Waals surface area (Å²) in [5.41, 5.74) is 0. The van der Waals surface area contributed by atoms with Crippen molar-refractivity contribution >= 4 is 5.97 Å². The Morgan fingerprint density at radius 2 is 2.21 bits per heavy atom. The van der Waals surface area contributed by atoms with Crippen LogP contribution in [0.2, 0.25) is 0 Å². The highest BCUT2D eigenvalue weighted by Gasteiger charge is 2.46. The molecule has 82 valence electrons. The summed E-state index contributed by atoms with van der Waals surface area (Å²) >= 11 is 0. The van der Waals surface area contributed by atoms with E-state index < -0.39 is 30.6 Å². The molecule has 1 fully saturated rings. The van der Waals surface area contributed by atoms with Crippen LogP contribution in [-0.2, 0) is 9.53 Å². The Labute approximate surface area is 78.9 Å². The number of ether oxygens (including phenoxy) is 1. The lowest BCUT2D eigenvalue weighted by molar-refractivity contribution is -0.198. The molecule has 0 radical (unpaired) electrons. The fraction of sp³-hybridized carbons (Fsp3) is 0.875. The zero-order valence-electron chi connectivity index (χ0n) is 7.38. The van der Waals surface area contributed by atoms with E-state index in [1.54, 1.807) is 0 Å². The van der Waals surface area contributed by atoms with Crippen molar-refractivity contribution in [3.05, 3.63) is 0 Å². The predicted molar refractivity (Wildman–Crippen MR) is 40.8 cm³/mol. The van der Waals surface area contributed by atoms with E-state index in [1.165, 1.54) is 0 Å². The molecule has 0 aromatic carbocycles. The first-order chi connectivity index (χ1) is 6.41. The topological polar surface area (TPSA) is 46.5 Å². The van der Waals surface area contributed by atoms with Gasteiger partial charge in [0.1, 0.15) is 0 Å². The number of hydrogen-bond donors (Lipinski definition) is 1. The Kier molecular flexibility index (Phi) is 3.36. The quantitative estimate of drug-likeness (QED) is 0.776. The predicted octanol–water partition coefficient (Wildman–Crippen LogP) is 1.82. The van der Waals surface area contributed by atoms with Gasteiger partial charge in [-0.25, -0.2) is 0 Å². The first-order valence-electron chi connectivity index (χ1n) is 4.32. The standard InChI is InChI=1S/C8H11F3O3/c9-8(10,11)6(7(12)13)4-5-2-1-3-14-5/h5-6H,1-4H2,(H,12,13)/t5-,6+/m0/s1. The van der Waals surface area contributed by atoms with E-state index in [9.17, 15) is 18.0 Å². The van der Waals surface area contributed by atoms with Crippen LogP contribution in [0.25, 0.3) is 0 Å². The summed E-state index contributed by atoms with van der Waals surface area (Å²) in [5.74, 6) is -4.13. The van der Waals surface area contributed by atoms with Crippen LogP contribution in [0, 0.1) is 5.92 Å². The van der Waals surface area contributed by atoms with Gasteiger partial charge in [0.15, 0.2) is 5.92 Å². The zero-order valence-corrected chi connectivity index (χ0v) is 7.38. The van der Waals surface area contributed by atoms with Gasteiger partial charge >= 0.3 is 12.1 Å². The minimum atomic E-state index is -4.68. The molecule has 6 heteroatoms. The minimum Gasteiger partial charge on any atom is -0.481 e. The lowest BCUT2D eigenvalue weighted by atomic mass is 9.99. The highest BCUT2D eigenvalue weighted by molar-refractivity contribution is 5.70. The second kappa shape index (κ2) is 4.16. The molecule has 0 aromatic rings. The summed E-state index contributed by atoms with van der Waals surface area (Å²) in [4.78, 5) is 10.4. The number of carbonyl (C=O) groups is 1. The molecule has 1 heterocycles. The first kappa shape index (κ1) is 11.3. The average molecular weight is 212 g/mol. The van der Waals surface area contributed by atoms with Gasteiger partial charge in [0.2, 0.25) is 0 Å². The second-order valence-electron chi connectivity index (χ2n) is 3.30. The molecule has 0 unspecified atom stereocenters. The van der Waals surface area contributed by atoms with Crippen LogP contribution >= 0.6 is 0 Å². The molecule has 1 aliphatic heterocycles. The molecule has 1 rings (SSSR count). The molecule has 0 spiro atoms. The van der Waals surface area contributed by atoms with Crippen molar-refractivity contribution < 1.29 is 27.8 Å². The third-order valence-electron chi connectivity index (χ3n) is 2.22. The summed E-state index contributed by atoms with van der Waals surface area (Å²) in [6.07, 6.45) is -4.50. The average Bonchev–Trinajstić information content (AvgIpc) is 2.48. The SMILES string of the molecule is O=C(O)[C@@H](C[C@@H]1CCCO1)C(F)(F)F. The molecule has 0 bridgehead atoms. The maximum atomic E-state index is 12.2. The summed E-state index contributed by atoms with van der Waals surface area (Å²) in [5, 5.41) is 8.39. The van der Waals surface area contributed by atoms with Crippen LogP contribution < -0.4 is 0 Å². The van der Waals surface area contributed by atoms with Gasteiger partial charge in [-0.1, -0.05) is 0 Å². The van der Waals surface area contributed by atoms with Crippen molar-refractivity contribution in [1.29, 1.82) is 0 Å². The van der Waals surface area contributed by atoms with E-state index in [0.29, 0.717) is 19.4 Å². The van der Waals surface area contributed by atoms with Crippen LogP contribution in [0.3, 0.4) is 0 Å². The fourth-order valence-electron chi connectivity index (χ4n) is 1.47. The highest BCUT2D eigenvalue weighted by atomic mass is 19.4. The van der Waals surface area contributed by atoms with Crippen LogP contribution in [-0.4, -0.2) is 30.0 Å². The Bertz CT molecular complexity index is 208. The van der Waals surface area contributed by atoms with Crippen LogP contribution in [0.1, 0.15) is 19.3 Å². The van der Waals surface area contributed by atoms with Crippen molar-refractivity contribution in [2.75, 3.05) is 6.61 Å². The molecule has 3 nitrogen and oxygen atoms in total. The Balaban J connectivity index is 2.55. The molecule has 0 amide bonds. The number of carboxylic acid groups (broad SMARTS) is 1. The van der Waals surface area contributed by atoms with E-state index in [-0.39, 0.29) is 0 Å². The molecule has 1 aliphatic rings. The fourth-order valence-corrected chi connectivity index (χ4v) is 1.47. The van der Waals surface area contributed by atoms with Gasteiger partial charge in [-0.2, -0.15) is 13.2 Å². The van der Waals surface area contributed by atoms with Crippen LogP contribution in [0.15, 0.2) is 0 Å². The second-order valence-corrected chi connectivity index (χ2v) is 3.30. The molecule has 14 heavy (non-hydrogen) atoms. The first-order valence-corrected chi connectivity index (χ1v) is 4.32. The van der Waals surface area contributed by atoms with Gasteiger partial charge < -0.3 is 9.84 Å². The largest absolute Gasteiger partial charge is 0.481 e. The molecule has 0 aliphatic carbocycles. The van der Waals surface area contributed by atoms with Crippen molar-refractivity contribution in [3.63, 3.8) is 0 Å². The number of hydrogen-bond acceptors (Lipinski definition) is 2. The molecular formula is C8H11F3O3. The highest BCUT2D eigenvalue weighted by Crippen LogP contribution is 2.32. The van der Waals surface area contributed by atoms with Gasteiger partial charge in [-0.05, 0) is 19.3 Å². The third kappa shape index (κ3) is 2.87. The molecule has 1 saturated heterocycles. The monoisotopic (exact) mass is 212 g/mol. The molecule has 0 saturated carbocycles. The van der Waals surface area contributed by atoms with E-state index >= 15 is 0 Å². The maximum Gasteiger partial charge on any atom is 0.402 e. The van der Waals surface area contributed by atoms with Gasteiger partial charge in [0.25, 0.3) is 0 Å². The lowest BCUT2D eigenvalue weighted by Gasteiger charge is -2.18. The van der Waals surface area contributed by atoms with Gasteiger partial charge in [0, 0.05) is 6.61 Å². The van der Waals surface area contributed by atoms with Crippen molar-refractivity contribution in [3.8, 4) is 0 Å². The van der Waals surface area contributed by atoms with E-state index in [1.807, 2.05) is 0 Å². The van der Waals surface area contributed by atoms with Crippen molar-refractivity contribution in [2.45, 2.75) is 31.5 Å². The van der Waals surface area contributed by atoms with E-state index in [2.05, 4.69) is 0 Å². The van der Waals surface area contributed by atoms with Crippen molar-refractivity contribution in [2.24, 2.45) is 5.92 Å². The van der Waals surface area contributed by atoms with E-state index in [0.717, 1.165) is 0 Å². The van der Waals surface area contributed by atoms with Crippen LogP contribution in [0.4, 0.5) is 13.2 Å². The van der Waals surface area contributed by atoms with Crippen molar-refractivity contribution in [1.82, 2.24) is 0 Å². The smallest absolute Gasteiger partial charge is 0.402 e. The number of halogens is 3. The maximum absolute atomic E-state index is 12.2. The molecule has 2 atom stereocenters. The zero-order chi connectivity index (χ0) is 10.8. The summed E-state index contributed by atoms with van der Waals surface area (Å²) in [6.45, 7) is 0.425. The molecule has 0 aromatic heterocycles. The normalized spacial score (nSPS) is 24.9. The summed E-state index contributed by atoms with van der Waals surface area (Å²) in [6, 6.07) is 0. The number of rotatable bonds is 3. The Hall–Kier alpha value is -0.780. The summed E-state index contributed by atoms with van der Waals surface area (Å²) in [7, 11) is 0. The van der Waals surface area contributed by atoms with Gasteiger partial charge in [-0.3, -0.25) is 4.79 Å². The van der Waals surface area contributed by atoms with Crippen LogP contribution in [0.5, 0.6) is 0 Å². The Morgan fingerprint density at radius 1 is 1.57 bits per heavy atom. The molecular weight excluding hydrogens is 201 g/mol. The van der Waals surface area contributed by atoms with Gasteiger partial charge in [-0.15, -0.1) is 0 Å². The Morgan fingerprint density at radius 3 is 2.57 bits per heavy atom. The third-order valence-corrected chi connectivity index (χ3v) is 2.22. The summed E-state index contributed by atoms with van der Waals surface area (Å²) < 4.78 is 41.5. The number of aliphatic carboxylic acids is 1. The molecule has 1 N–H and O–H groups in total. The van der Waals surface area contributed by atoms with E-state index in [4.69, 9.17) is 9.84 Å². The van der Waals surface area contributed by atoms with Gasteiger partial charge in [0.05, 0.1) is 6.10 Å².